The Morgan fingerprint density at radius 2 is 2.25 bits per heavy atom. The minimum absolute atomic E-state index is 0.0244. The van der Waals surface area contributed by atoms with Gasteiger partial charge in [-0.05, 0) is 24.3 Å². The number of aliphatic hydroxyl groups is 1. The number of aromatic nitrogens is 1. The lowest BCUT2D eigenvalue weighted by molar-refractivity contribution is -0.386. The fourth-order valence-electron chi connectivity index (χ4n) is 2.70. The molecule has 1 N–H and O–H groups in total. The van der Waals surface area contributed by atoms with Crippen molar-refractivity contribution in [3.8, 4) is 0 Å². The predicted octanol–water partition coefficient (Wildman–Crippen LogP) is 2.47. The highest BCUT2D eigenvalue weighted by Gasteiger charge is 2.39. The number of ether oxygens (including phenoxy) is 1. The van der Waals surface area contributed by atoms with E-state index in [2.05, 4.69) is 4.98 Å². The highest BCUT2D eigenvalue weighted by atomic mass is 16.6. The molecule has 0 aromatic carbocycles. The van der Waals surface area contributed by atoms with Gasteiger partial charge in [0.1, 0.15) is 6.20 Å². The molecule has 0 aliphatic carbocycles. The van der Waals surface area contributed by atoms with Crippen molar-refractivity contribution in [2.45, 2.75) is 45.5 Å². The molecule has 1 aromatic heterocycles. The molecule has 2 rings (SSSR count). The Morgan fingerprint density at radius 3 is 2.85 bits per heavy atom. The molecule has 4 atom stereocenters. The van der Waals surface area contributed by atoms with Gasteiger partial charge in [0, 0.05) is 6.20 Å². The first kappa shape index (κ1) is 14.9. The maximum Gasteiger partial charge on any atom is 0.293 e. The molecule has 6 nitrogen and oxygen atoms in total. The first-order chi connectivity index (χ1) is 9.41. The zero-order valence-electron chi connectivity index (χ0n) is 11.9. The highest BCUT2D eigenvalue weighted by molar-refractivity contribution is 5.38. The summed E-state index contributed by atoms with van der Waals surface area (Å²) in [6, 6.07) is 1.63. The topological polar surface area (TPSA) is 85.5 Å². The summed E-state index contributed by atoms with van der Waals surface area (Å²) in [5, 5.41) is 21.3. The Morgan fingerprint density at radius 1 is 1.55 bits per heavy atom. The van der Waals surface area contributed by atoms with Crippen LogP contribution in [0.1, 0.15) is 38.9 Å². The maximum atomic E-state index is 11.1. The third-order valence-corrected chi connectivity index (χ3v) is 3.86. The lowest BCUT2D eigenvalue weighted by atomic mass is 9.84. The van der Waals surface area contributed by atoms with Gasteiger partial charge in [-0.15, -0.1) is 0 Å². The van der Waals surface area contributed by atoms with E-state index >= 15 is 0 Å². The van der Waals surface area contributed by atoms with Gasteiger partial charge in [-0.2, -0.15) is 0 Å². The van der Waals surface area contributed by atoms with E-state index < -0.39 is 11.0 Å². The molecule has 2 heterocycles. The van der Waals surface area contributed by atoms with Crippen molar-refractivity contribution in [1.29, 1.82) is 0 Å². The first-order valence-corrected chi connectivity index (χ1v) is 6.83. The van der Waals surface area contributed by atoms with Gasteiger partial charge in [0.15, 0.2) is 0 Å². The Kier molecular flexibility index (Phi) is 4.35. The Bertz CT molecular complexity index is 492. The summed E-state index contributed by atoms with van der Waals surface area (Å²) in [6.07, 6.45) is 2.13. The molecule has 1 saturated heterocycles. The molecule has 0 amide bonds. The second-order valence-electron chi connectivity index (χ2n) is 5.73. The van der Waals surface area contributed by atoms with Crippen LogP contribution in [0.25, 0.3) is 0 Å². The number of rotatable bonds is 3. The van der Waals surface area contributed by atoms with E-state index in [0.29, 0.717) is 12.0 Å². The summed E-state index contributed by atoms with van der Waals surface area (Å²) in [4.78, 5) is 14.5. The summed E-state index contributed by atoms with van der Waals surface area (Å²) < 4.78 is 5.93. The van der Waals surface area contributed by atoms with E-state index in [4.69, 9.17) is 4.74 Å². The standard InChI is InChI=1S/C14H20N2O4/c1-8(2)14-13(17)9(3)6-12(20-14)10-4-5-15-7-11(10)16(18)19/h4-5,7-9,12-14,17H,6H2,1-3H3/t9-,12-,13+,14-/m1/s1. The second kappa shape index (κ2) is 5.85. The van der Waals surface area contributed by atoms with Crippen molar-refractivity contribution in [2.75, 3.05) is 0 Å². The van der Waals surface area contributed by atoms with E-state index in [0.717, 1.165) is 0 Å². The van der Waals surface area contributed by atoms with Crippen LogP contribution in [-0.4, -0.2) is 27.2 Å². The van der Waals surface area contributed by atoms with E-state index in [-0.39, 0.29) is 29.7 Å². The minimum Gasteiger partial charge on any atom is -0.390 e. The monoisotopic (exact) mass is 280 g/mol. The average molecular weight is 280 g/mol. The zero-order valence-corrected chi connectivity index (χ0v) is 11.9. The molecule has 0 unspecified atom stereocenters. The summed E-state index contributed by atoms with van der Waals surface area (Å²) >= 11 is 0. The summed E-state index contributed by atoms with van der Waals surface area (Å²) in [5.74, 6) is 0.185. The van der Waals surface area contributed by atoms with Crippen molar-refractivity contribution in [3.63, 3.8) is 0 Å². The number of hydrogen-bond donors (Lipinski definition) is 1. The van der Waals surface area contributed by atoms with Gasteiger partial charge in [0.2, 0.25) is 0 Å². The number of nitro groups is 1. The fraction of sp³-hybridized carbons (Fsp3) is 0.643. The van der Waals surface area contributed by atoms with Crippen LogP contribution in [0.2, 0.25) is 0 Å². The highest BCUT2D eigenvalue weighted by Crippen LogP contribution is 2.39. The van der Waals surface area contributed by atoms with Crippen molar-refractivity contribution in [3.05, 3.63) is 34.1 Å². The van der Waals surface area contributed by atoms with Gasteiger partial charge >= 0.3 is 0 Å². The molecule has 6 heteroatoms. The van der Waals surface area contributed by atoms with Crippen LogP contribution < -0.4 is 0 Å². The van der Waals surface area contributed by atoms with E-state index in [1.807, 2.05) is 20.8 Å². The number of pyridine rings is 1. The van der Waals surface area contributed by atoms with Gasteiger partial charge in [-0.1, -0.05) is 20.8 Å². The molecular weight excluding hydrogens is 260 g/mol. The Labute approximate surface area is 117 Å². The number of aliphatic hydroxyl groups excluding tert-OH is 1. The third kappa shape index (κ3) is 2.81. The molecule has 1 aromatic rings. The molecule has 1 fully saturated rings. The first-order valence-electron chi connectivity index (χ1n) is 6.83. The summed E-state index contributed by atoms with van der Waals surface area (Å²) in [5.41, 5.74) is 0.512. The van der Waals surface area contributed by atoms with Crippen LogP contribution >= 0.6 is 0 Å². The maximum absolute atomic E-state index is 11.1. The molecule has 0 bridgehead atoms. The Hall–Kier alpha value is -1.53. The predicted molar refractivity (Wildman–Crippen MR) is 73.1 cm³/mol. The van der Waals surface area contributed by atoms with Crippen LogP contribution in [0, 0.1) is 22.0 Å². The molecule has 0 saturated carbocycles. The zero-order chi connectivity index (χ0) is 14.9. The molecule has 0 radical (unpaired) electrons. The van der Waals surface area contributed by atoms with E-state index in [1.165, 1.54) is 12.4 Å². The fourth-order valence-corrected chi connectivity index (χ4v) is 2.70. The smallest absolute Gasteiger partial charge is 0.293 e. The van der Waals surface area contributed by atoms with E-state index in [1.54, 1.807) is 6.07 Å². The second-order valence-corrected chi connectivity index (χ2v) is 5.73. The van der Waals surface area contributed by atoms with Crippen LogP contribution in [-0.2, 0) is 4.74 Å². The van der Waals surface area contributed by atoms with Crippen molar-refractivity contribution >= 4 is 5.69 Å². The Balaban J connectivity index is 2.31. The third-order valence-electron chi connectivity index (χ3n) is 3.86. The average Bonchev–Trinajstić information content (AvgIpc) is 2.41. The molecule has 1 aliphatic heterocycles. The summed E-state index contributed by atoms with van der Waals surface area (Å²) in [7, 11) is 0. The van der Waals surface area contributed by atoms with Crippen molar-refractivity contribution in [1.82, 2.24) is 4.98 Å². The number of nitrogens with zero attached hydrogens (tertiary/aromatic N) is 2. The largest absolute Gasteiger partial charge is 0.390 e. The van der Waals surface area contributed by atoms with E-state index in [9.17, 15) is 15.2 Å². The number of hydrogen-bond acceptors (Lipinski definition) is 5. The molecular formula is C14H20N2O4. The van der Waals surface area contributed by atoms with Crippen LogP contribution in [0.4, 0.5) is 5.69 Å². The van der Waals surface area contributed by atoms with Crippen LogP contribution in [0.3, 0.4) is 0 Å². The van der Waals surface area contributed by atoms with Gasteiger partial charge in [-0.25, -0.2) is 0 Å². The summed E-state index contributed by atoms with van der Waals surface area (Å²) in [6.45, 7) is 5.90. The SMILES string of the molecule is CC(C)[C@H]1O[C@@H](c2ccncc2[N+](=O)[O-])C[C@@H](C)[C@@H]1O. The van der Waals surface area contributed by atoms with Gasteiger partial charge in [0.05, 0.1) is 28.8 Å². The quantitative estimate of drug-likeness (QED) is 0.679. The lowest BCUT2D eigenvalue weighted by Crippen LogP contribution is -2.44. The minimum atomic E-state index is -0.535. The molecule has 1 aliphatic rings. The molecule has 110 valence electrons. The molecule has 20 heavy (non-hydrogen) atoms. The van der Waals surface area contributed by atoms with Crippen molar-refractivity contribution < 1.29 is 14.8 Å². The van der Waals surface area contributed by atoms with Gasteiger partial charge in [0.25, 0.3) is 5.69 Å². The van der Waals surface area contributed by atoms with Crippen LogP contribution in [0.5, 0.6) is 0 Å². The van der Waals surface area contributed by atoms with Crippen molar-refractivity contribution in [2.24, 2.45) is 11.8 Å². The van der Waals surface area contributed by atoms with Crippen LogP contribution in [0.15, 0.2) is 18.5 Å². The van der Waals surface area contributed by atoms with Gasteiger partial charge < -0.3 is 9.84 Å². The normalized spacial score (nSPS) is 30.4. The molecule has 0 spiro atoms. The lowest BCUT2D eigenvalue weighted by Gasteiger charge is -2.40. The van der Waals surface area contributed by atoms with Gasteiger partial charge in [-0.3, -0.25) is 15.1 Å².